The van der Waals surface area contributed by atoms with E-state index in [1.807, 2.05) is 11.8 Å². The quantitative estimate of drug-likeness (QED) is 0.899. The first kappa shape index (κ1) is 15.7. The van der Waals surface area contributed by atoms with Gasteiger partial charge in [0.15, 0.2) is 0 Å². The molecule has 0 aliphatic carbocycles. The molecule has 2 aromatic rings. The minimum Gasteiger partial charge on any atom is -0.363 e. The molecular formula is C16H17ClF2N2. The predicted molar refractivity (Wildman–Crippen MR) is 82.6 cm³/mol. The number of likely N-dealkylation sites (N-methyl/N-ethyl adjacent to an activating group) is 1. The molecule has 0 spiro atoms. The van der Waals surface area contributed by atoms with Gasteiger partial charge in [-0.15, -0.1) is 0 Å². The van der Waals surface area contributed by atoms with Gasteiger partial charge in [-0.05, 0) is 48.9 Å². The molecule has 2 N–H and O–H groups in total. The van der Waals surface area contributed by atoms with Gasteiger partial charge < -0.3 is 10.6 Å². The van der Waals surface area contributed by atoms with Gasteiger partial charge in [0.2, 0.25) is 0 Å². The summed E-state index contributed by atoms with van der Waals surface area (Å²) >= 11 is 5.91. The van der Waals surface area contributed by atoms with Crippen LogP contribution in [0.1, 0.15) is 18.5 Å². The number of hydrogen-bond acceptors (Lipinski definition) is 2. The summed E-state index contributed by atoms with van der Waals surface area (Å²) in [6.07, 6.45) is 0. The Morgan fingerprint density at radius 2 is 1.90 bits per heavy atom. The fourth-order valence-electron chi connectivity index (χ4n) is 2.45. The molecule has 2 nitrogen and oxygen atoms in total. The molecule has 21 heavy (non-hydrogen) atoms. The van der Waals surface area contributed by atoms with Gasteiger partial charge in [0.05, 0.1) is 6.04 Å². The highest BCUT2D eigenvalue weighted by molar-refractivity contribution is 6.30. The van der Waals surface area contributed by atoms with Crippen molar-refractivity contribution in [2.45, 2.75) is 13.0 Å². The smallest absolute Gasteiger partial charge is 0.125 e. The van der Waals surface area contributed by atoms with E-state index in [4.69, 9.17) is 17.3 Å². The highest BCUT2D eigenvalue weighted by Crippen LogP contribution is 2.29. The van der Waals surface area contributed by atoms with Crippen LogP contribution in [0.5, 0.6) is 0 Å². The predicted octanol–water partition coefficient (Wildman–Crippen LogP) is 4.14. The number of nitrogens with two attached hydrogens (primary N) is 1. The van der Waals surface area contributed by atoms with Crippen LogP contribution in [0.15, 0.2) is 42.5 Å². The van der Waals surface area contributed by atoms with E-state index in [-0.39, 0.29) is 18.4 Å². The van der Waals surface area contributed by atoms with Gasteiger partial charge in [0.25, 0.3) is 0 Å². The Balaban J connectivity index is 2.42. The Morgan fingerprint density at radius 1 is 1.14 bits per heavy atom. The molecule has 112 valence electrons. The minimum absolute atomic E-state index is 0.268. The normalized spacial score (nSPS) is 12.2. The van der Waals surface area contributed by atoms with Crippen LogP contribution >= 0.6 is 11.6 Å². The van der Waals surface area contributed by atoms with Crippen molar-refractivity contribution in [2.24, 2.45) is 5.73 Å². The van der Waals surface area contributed by atoms with Gasteiger partial charge in [-0.1, -0.05) is 17.7 Å². The highest BCUT2D eigenvalue weighted by atomic mass is 35.5. The zero-order valence-electron chi connectivity index (χ0n) is 11.7. The van der Waals surface area contributed by atoms with Gasteiger partial charge in [0.1, 0.15) is 11.6 Å². The van der Waals surface area contributed by atoms with E-state index in [0.717, 1.165) is 0 Å². The van der Waals surface area contributed by atoms with Crippen molar-refractivity contribution in [1.82, 2.24) is 0 Å². The largest absolute Gasteiger partial charge is 0.363 e. The lowest BCUT2D eigenvalue weighted by Crippen LogP contribution is -2.33. The third-order valence-corrected chi connectivity index (χ3v) is 3.57. The molecule has 0 heterocycles. The number of nitrogens with zero attached hydrogens (tertiary/aromatic N) is 1. The summed E-state index contributed by atoms with van der Waals surface area (Å²) in [5.41, 5.74) is 7.23. The van der Waals surface area contributed by atoms with Gasteiger partial charge in [-0.3, -0.25) is 0 Å². The zero-order chi connectivity index (χ0) is 15.4. The molecule has 0 saturated carbocycles. The lowest BCUT2D eigenvalue weighted by atomic mass is 10.0. The lowest BCUT2D eigenvalue weighted by molar-refractivity contribution is 0.602. The van der Waals surface area contributed by atoms with E-state index in [0.29, 0.717) is 22.8 Å². The molecule has 5 heteroatoms. The number of anilines is 1. The van der Waals surface area contributed by atoms with Crippen molar-refractivity contribution in [3.8, 4) is 0 Å². The molecule has 0 saturated heterocycles. The van der Waals surface area contributed by atoms with Crippen LogP contribution in [0.3, 0.4) is 0 Å². The second-order valence-corrected chi connectivity index (χ2v) is 5.16. The van der Waals surface area contributed by atoms with Crippen LogP contribution in [-0.4, -0.2) is 13.1 Å². The Labute approximate surface area is 128 Å². The average molecular weight is 311 g/mol. The van der Waals surface area contributed by atoms with Crippen LogP contribution in [0.2, 0.25) is 5.02 Å². The maximum Gasteiger partial charge on any atom is 0.125 e. The first-order chi connectivity index (χ1) is 10.0. The molecule has 1 unspecified atom stereocenters. The van der Waals surface area contributed by atoms with Crippen LogP contribution in [0, 0.1) is 11.6 Å². The average Bonchev–Trinajstić information content (AvgIpc) is 2.43. The van der Waals surface area contributed by atoms with Crippen LogP contribution in [0.25, 0.3) is 0 Å². The molecule has 1 atom stereocenters. The molecule has 0 radical (unpaired) electrons. The number of rotatable bonds is 5. The zero-order valence-corrected chi connectivity index (χ0v) is 12.4. The first-order valence-corrected chi connectivity index (χ1v) is 7.11. The summed E-state index contributed by atoms with van der Waals surface area (Å²) in [5.74, 6) is -0.731. The van der Waals surface area contributed by atoms with Gasteiger partial charge >= 0.3 is 0 Å². The molecule has 0 fully saturated rings. The van der Waals surface area contributed by atoms with Gasteiger partial charge in [-0.25, -0.2) is 8.78 Å². The van der Waals surface area contributed by atoms with Crippen molar-refractivity contribution in [3.05, 3.63) is 64.7 Å². The molecule has 0 aliphatic heterocycles. The van der Waals surface area contributed by atoms with Crippen molar-refractivity contribution < 1.29 is 8.78 Å². The molecule has 0 aliphatic rings. The number of halogens is 3. The van der Waals surface area contributed by atoms with Crippen LogP contribution in [0.4, 0.5) is 14.5 Å². The van der Waals surface area contributed by atoms with Crippen LogP contribution < -0.4 is 10.6 Å². The third-order valence-electron chi connectivity index (χ3n) is 3.35. The lowest BCUT2D eigenvalue weighted by Gasteiger charge is -2.32. The summed E-state index contributed by atoms with van der Waals surface area (Å²) in [5, 5.41) is 0.318. The fourth-order valence-corrected chi connectivity index (χ4v) is 2.68. The van der Waals surface area contributed by atoms with Crippen molar-refractivity contribution in [3.63, 3.8) is 0 Å². The van der Waals surface area contributed by atoms with Crippen molar-refractivity contribution >= 4 is 17.3 Å². The summed E-state index contributed by atoms with van der Waals surface area (Å²) in [6, 6.07) is 10.3. The maximum absolute atomic E-state index is 13.6. The molecule has 0 bridgehead atoms. The molecule has 0 amide bonds. The first-order valence-electron chi connectivity index (χ1n) is 6.73. The standard InChI is InChI=1S/C16H17ClF2N2/c1-2-21(15-5-3-4-13(18)9-15)16(10-20)11-6-12(17)8-14(19)7-11/h3-9,16H,2,10,20H2,1H3. The third kappa shape index (κ3) is 3.71. The molecule has 2 rings (SSSR count). The SMILES string of the molecule is CCN(c1cccc(F)c1)C(CN)c1cc(F)cc(Cl)c1. The molecule has 2 aromatic carbocycles. The van der Waals surface area contributed by atoms with Gasteiger partial charge in [0, 0.05) is 23.8 Å². The summed E-state index contributed by atoms with van der Waals surface area (Å²) in [7, 11) is 0. The van der Waals surface area contributed by atoms with Crippen LogP contribution in [-0.2, 0) is 0 Å². The fraction of sp³-hybridized carbons (Fsp3) is 0.250. The van der Waals surface area contributed by atoms with E-state index in [9.17, 15) is 8.78 Å². The summed E-state index contributed by atoms with van der Waals surface area (Å²) in [6.45, 7) is 2.82. The maximum atomic E-state index is 13.6. The number of hydrogen-bond donors (Lipinski definition) is 1. The second-order valence-electron chi connectivity index (χ2n) is 4.72. The Hall–Kier alpha value is -1.65. The van der Waals surface area contributed by atoms with E-state index < -0.39 is 5.82 Å². The molecule has 0 aromatic heterocycles. The van der Waals surface area contributed by atoms with Crippen molar-refractivity contribution in [2.75, 3.05) is 18.0 Å². The Bertz CT molecular complexity index is 599. The topological polar surface area (TPSA) is 29.3 Å². The van der Waals surface area contributed by atoms with E-state index >= 15 is 0 Å². The minimum atomic E-state index is -0.411. The second kappa shape index (κ2) is 6.87. The summed E-state index contributed by atoms with van der Waals surface area (Å²) < 4.78 is 27.0. The highest BCUT2D eigenvalue weighted by Gasteiger charge is 2.19. The Kier molecular flexibility index (Phi) is 5.15. The number of benzene rings is 2. The molecular weight excluding hydrogens is 294 g/mol. The van der Waals surface area contributed by atoms with Crippen molar-refractivity contribution in [1.29, 1.82) is 0 Å². The van der Waals surface area contributed by atoms with Gasteiger partial charge in [-0.2, -0.15) is 0 Å². The van der Waals surface area contributed by atoms with E-state index in [1.54, 1.807) is 18.2 Å². The van der Waals surface area contributed by atoms with E-state index in [2.05, 4.69) is 0 Å². The van der Waals surface area contributed by atoms with E-state index in [1.165, 1.54) is 24.3 Å². The Morgan fingerprint density at radius 3 is 2.48 bits per heavy atom. The monoisotopic (exact) mass is 310 g/mol. The summed E-state index contributed by atoms with van der Waals surface area (Å²) in [4.78, 5) is 1.92.